The van der Waals surface area contributed by atoms with Crippen LogP contribution < -0.4 is 10.6 Å². The Labute approximate surface area is 118 Å². The van der Waals surface area contributed by atoms with Crippen LogP contribution in [-0.4, -0.2) is 43.1 Å². The summed E-state index contributed by atoms with van der Waals surface area (Å²) in [4.78, 5) is 6.18. The molecule has 2 atom stereocenters. The lowest BCUT2D eigenvalue weighted by Crippen LogP contribution is -2.47. The Bertz CT molecular complexity index is 546. The predicted molar refractivity (Wildman–Crippen MR) is 80.1 cm³/mol. The van der Waals surface area contributed by atoms with Crippen LogP contribution >= 0.6 is 11.8 Å². The normalized spacial score (nSPS) is 22.3. The zero-order valence-corrected chi connectivity index (χ0v) is 12.7. The summed E-state index contributed by atoms with van der Waals surface area (Å²) < 4.78 is 23.8. The molecule has 0 radical (unpaired) electrons. The van der Waals surface area contributed by atoms with Crippen molar-refractivity contribution >= 4 is 27.4 Å². The van der Waals surface area contributed by atoms with Crippen LogP contribution in [0.15, 0.2) is 18.3 Å². The Morgan fingerprint density at radius 2 is 2.32 bits per heavy atom. The Balaban J connectivity index is 2.35. The Hall–Kier alpha value is -0.790. The Morgan fingerprint density at radius 1 is 1.58 bits per heavy atom. The van der Waals surface area contributed by atoms with E-state index < -0.39 is 15.2 Å². The molecule has 0 amide bonds. The lowest BCUT2D eigenvalue weighted by Gasteiger charge is -2.35. The number of aromatic nitrogens is 1. The summed E-state index contributed by atoms with van der Waals surface area (Å²) in [6.07, 6.45) is 2.97. The van der Waals surface area contributed by atoms with Crippen molar-refractivity contribution in [1.29, 1.82) is 0 Å². The summed E-state index contributed by atoms with van der Waals surface area (Å²) in [6, 6.07) is 3.67. The lowest BCUT2D eigenvalue weighted by atomic mass is 10.1. The first-order chi connectivity index (χ1) is 8.89. The van der Waals surface area contributed by atoms with Gasteiger partial charge in [0.25, 0.3) is 0 Å². The Morgan fingerprint density at radius 3 is 2.95 bits per heavy atom. The summed E-state index contributed by atoms with van der Waals surface area (Å²) in [5, 5.41) is -0.498. The van der Waals surface area contributed by atoms with Crippen LogP contribution in [0.4, 0.5) is 5.82 Å². The third-order valence-electron chi connectivity index (χ3n) is 3.17. The molecule has 2 N–H and O–H groups in total. The highest BCUT2D eigenvalue weighted by Gasteiger charge is 2.31. The second-order valence-electron chi connectivity index (χ2n) is 4.79. The van der Waals surface area contributed by atoms with Gasteiger partial charge in [-0.15, -0.1) is 0 Å². The van der Waals surface area contributed by atoms with Gasteiger partial charge in [-0.2, -0.15) is 11.8 Å². The van der Waals surface area contributed by atoms with Crippen LogP contribution in [0.25, 0.3) is 0 Å². The number of hydrogen-bond acceptors (Lipinski definition) is 6. The average Bonchev–Trinajstić information content (AvgIpc) is 2.38. The highest BCUT2D eigenvalue weighted by atomic mass is 32.2. The van der Waals surface area contributed by atoms with Crippen LogP contribution in [0.3, 0.4) is 0 Å². The molecule has 1 aromatic heterocycles. The number of hydrogen-bond donors (Lipinski definition) is 1. The van der Waals surface area contributed by atoms with E-state index in [0.717, 1.165) is 11.3 Å². The topological polar surface area (TPSA) is 76.3 Å². The van der Waals surface area contributed by atoms with Crippen molar-refractivity contribution in [2.75, 3.05) is 29.2 Å². The molecule has 0 aliphatic carbocycles. The third-order valence-corrected chi connectivity index (χ3v) is 5.81. The molecule has 0 saturated carbocycles. The first kappa shape index (κ1) is 14.6. The van der Waals surface area contributed by atoms with Crippen molar-refractivity contribution in [3.8, 4) is 0 Å². The van der Waals surface area contributed by atoms with Gasteiger partial charge in [0.2, 0.25) is 0 Å². The molecule has 1 aliphatic heterocycles. The van der Waals surface area contributed by atoms with Crippen LogP contribution in [0, 0.1) is 0 Å². The van der Waals surface area contributed by atoms with E-state index in [2.05, 4.69) is 4.98 Å². The summed E-state index contributed by atoms with van der Waals surface area (Å²) >= 11 is 1.67. The van der Waals surface area contributed by atoms with E-state index >= 15 is 0 Å². The molecular weight excluding hydrogens is 282 g/mol. The molecule has 0 aromatic carbocycles. The van der Waals surface area contributed by atoms with E-state index in [9.17, 15) is 8.42 Å². The van der Waals surface area contributed by atoms with Gasteiger partial charge in [-0.05, 0) is 24.6 Å². The first-order valence-electron chi connectivity index (χ1n) is 6.14. The van der Waals surface area contributed by atoms with Gasteiger partial charge in [0.1, 0.15) is 11.2 Å². The molecular formula is C12H19N3O2S2. The Kier molecular flexibility index (Phi) is 4.37. The molecule has 5 nitrogen and oxygen atoms in total. The number of anilines is 1. The van der Waals surface area contributed by atoms with E-state index in [-0.39, 0.29) is 6.04 Å². The molecule has 106 valence electrons. The van der Waals surface area contributed by atoms with Gasteiger partial charge in [0.15, 0.2) is 9.84 Å². The minimum absolute atomic E-state index is 0.0856. The minimum Gasteiger partial charge on any atom is -0.338 e. The van der Waals surface area contributed by atoms with Gasteiger partial charge in [0.05, 0.1) is 0 Å². The molecule has 1 saturated heterocycles. The minimum atomic E-state index is -3.12. The summed E-state index contributed by atoms with van der Waals surface area (Å²) in [6.45, 7) is 2.59. The molecule has 2 rings (SSSR count). The molecule has 1 unspecified atom stereocenters. The molecule has 19 heavy (non-hydrogen) atoms. The molecule has 1 aromatic rings. The van der Waals surface area contributed by atoms with Crippen LogP contribution in [-0.2, 0) is 9.84 Å². The fourth-order valence-corrected chi connectivity index (χ4v) is 4.90. The van der Waals surface area contributed by atoms with Crippen molar-refractivity contribution in [2.45, 2.75) is 18.3 Å². The number of thioether (sulfide) groups is 1. The quantitative estimate of drug-likeness (QED) is 0.898. The number of pyridine rings is 1. The second kappa shape index (κ2) is 5.68. The van der Waals surface area contributed by atoms with Crippen LogP contribution in [0.2, 0.25) is 0 Å². The van der Waals surface area contributed by atoms with Gasteiger partial charge in [-0.3, -0.25) is 0 Å². The highest BCUT2D eigenvalue weighted by Crippen LogP contribution is 2.26. The van der Waals surface area contributed by atoms with E-state index in [4.69, 9.17) is 5.73 Å². The van der Waals surface area contributed by atoms with Gasteiger partial charge in [-0.1, -0.05) is 0 Å². The molecule has 0 bridgehead atoms. The van der Waals surface area contributed by atoms with Gasteiger partial charge < -0.3 is 10.6 Å². The molecule has 1 aliphatic rings. The molecule has 1 fully saturated rings. The fraction of sp³-hybridized carbons (Fsp3) is 0.583. The van der Waals surface area contributed by atoms with E-state index in [0.29, 0.717) is 18.1 Å². The van der Waals surface area contributed by atoms with E-state index in [1.54, 1.807) is 18.0 Å². The summed E-state index contributed by atoms with van der Waals surface area (Å²) in [5.74, 6) is 2.20. The van der Waals surface area contributed by atoms with Crippen molar-refractivity contribution < 1.29 is 8.42 Å². The second-order valence-corrected chi connectivity index (χ2v) is 8.14. The third kappa shape index (κ3) is 3.40. The fourth-order valence-electron chi connectivity index (χ4n) is 2.07. The number of nitrogens with zero attached hydrogens (tertiary/aromatic N) is 2. The predicted octanol–water partition coefficient (Wildman–Crippen LogP) is 1.03. The van der Waals surface area contributed by atoms with Crippen molar-refractivity contribution in [3.63, 3.8) is 0 Å². The average molecular weight is 301 g/mol. The number of rotatable bonds is 3. The number of sulfone groups is 1. The van der Waals surface area contributed by atoms with Crippen molar-refractivity contribution in [2.24, 2.45) is 5.73 Å². The highest BCUT2D eigenvalue weighted by molar-refractivity contribution is 8.01. The summed E-state index contributed by atoms with van der Waals surface area (Å²) in [7, 11) is -3.12. The maximum Gasteiger partial charge on any atom is 0.169 e. The molecule has 7 heteroatoms. The largest absolute Gasteiger partial charge is 0.338 e. The first-order valence-corrected chi connectivity index (χ1v) is 9.25. The van der Waals surface area contributed by atoms with Gasteiger partial charge in [0, 0.05) is 36.5 Å². The van der Waals surface area contributed by atoms with Crippen molar-refractivity contribution in [3.05, 3.63) is 23.9 Å². The maximum atomic E-state index is 11.9. The van der Waals surface area contributed by atoms with Gasteiger partial charge in [-0.25, -0.2) is 13.4 Å². The zero-order valence-electron chi connectivity index (χ0n) is 11.1. The standard InChI is InChI=1S/C12H19N3O2S2/c1-9(13)10-3-4-14-11(7-10)15-5-6-18-8-12(15)19(2,16)17/h3-4,7,9,12H,5-6,8,13H2,1-2H3/t9-,12?/m1/s1. The smallest absolute Gasteiger partial charge is 0.169 e. The van der Waals surface area contributed by atoms with Crippen molar-refractivity contribution in [1.82, 2.24) is 4.98 Å². The maximum absolute atomic E-state index is 11.9. The van der Waals surface area contributed by atoms with E-state index in [1.807, 2.05) is 24.0 Å². The molecule has 2 heterocycles. The van der Waals surface area contributed by atoms with Gasteiger partial charge >= 0.3 is 0 Å². The SMILES string of the molecule is C[C@@H](N)c1ccnc(N2CCSCC2S(C)(=O)=O)c1. The summed E-state index contributed by atoms with van der Waals surface area (Å²) in [5.41, 5.74) is 6.83. The monoisotopic (exact) mass is 301 g/mol. The van der Waals surface area contributed by atoms with Crippen LogP contribution in [0.5, 0.6) is 0 Å². The van der Waals surface area contributed by atoms with Crippen LogP contribution in [0.1, 0.15) is 18.5 Å². The number of nitrogens with two attached hydrogens (primary N) is 1. The van der Waals surface area contributed by atoms with E-state index in [1.165, 1.54) is 6.26 Å². The zero-order chi connectivity index (χ0) is 14.0. The molecule has 0 spiro atoms. The lowest BCUT2D eigenvalue weighted by molar-refractivity contribution is 0.583.